The molecule has 2 aromatic rings. The van der Waals surface area contributed by atoms with Crippen molar-refractivity contribution >= 4 is 32.9 Å². The molecule has 1 amide bonds. The quantitative estimate of drug-likeness (QED) is 0.479. The van der Waals surface area contributed by atoms with Crippen LogP contribution >= 0.6 is 15.9 Å². The number of rotatable bonds is 8. The van der Waals surface area contributed by atoms with Gasteiger partial charge in [-0.1, -0.05) is 15.9 Å². The van der Waals surface area contributed by atoms with Gasteiger partial charge in [0.05, 0.1) is 23.7 Å². The number of hydrogen-bond donors (Lipinski definition) is 1. The number of nitrogens with zero attached hydrogens (tertiary/aromatic N) is 2. The summed E-state index contributed by atoms with van der Waals surface area (Å²) in [7, 11) is 0. The topological polar surface area (TPSA) is 83.8 Å². The van der Waals surface area contributed by atoms with E-state index < -0.39 is 5.60 Å². The van der Waals surface area contributed by atoms with Gasteiger partial charge in [-0.05, 0) is 70.9 Å². The molecule has 0 radical (unpaired) electrons. The summed E-state index contributed by atoms with van der Waals surface area (Å²) >= 11 is 3.59. The Balaban J connectivity index is 1.19. The van der Waals surface area contributed by atoms with Gasteiger partial charge in [0.2, 0.25) is 0 Å². The Morgan fingerprint density at radius 3 is 2.82 bits per heavy atom. The van der Waals surface area contributed by atoms with E-state index in [1.54, 1.807) is 0 Å². The smallest absolute Gasteiger partial charge is 0.407 e. The normalized spacial score (nSPS) is 23.2. The van der Waals surface area contributed by atoms with E-state index >= 15 is 0 Å². The van der Waals surface area contributed by atoms with Crippen molar-refractivity contribution in [1.29, 1.82) is 0 Å². The molecule has 33 heavy (non-hydrogen) atoms. The molecule has 1 aromatic heterocycles. The predicted octanol–water partition coefficient (Wildman–Crippen LogP) is 5.20. The predicted molar refractivity (Wildman–Crippen MR) is 128 cm³/mol. The molecule has 2 fully saturated rings. The maximum Gasteiger partial charge on any atom is 0.407 e. The van der Waals surface area contributed by atoms with Crippen LogP contribution in [-0.2, 0) is 14.2 Å². The molecule has 182 valence electrons. The average Bonchev–Trinajstić information content (AvgIpc) is 3.14. The Morgan fingerprint density at radius 1 is 1.27 bits per heavy atom. The average molecular weight is 524 g/mol. The van der Waals surface area contributed by atoms with Crippen molar-refractivity contribution in [3.05, 3.63) is 22.8 Å². The fraction of sp³-hybridized carbons (Fsp3) is 0.667. The first-order valence-corrected chi connectivity index (χ1v) is 12.6. The van der Waals surface area contributed by atoms with E-state index in [-0.39, 0.29) is 18.4 Å². The first-order chi connectivity index (χ1) is 15.8. The molecule has 1 saturated heterocycles. The molecule has 1 N–H and O–H groups in total. The highest BCUT2D eigenvalue weighted by Gasteiger charge is 2.31. The fourth-order valence-corrected chi connectivity index (χ4v) is 4.70. The number of hydrogen-bond acceptors (Lipinski definition) is 6. The van der Waals surface area contributed by atoms with Gasteiger partial charge >= 0.3 is 6.09 Å². The summed E-state index contributed by atoms with van der Waals surface area (Å²) in [6.45, 7) is 8.01. The highest BCUT2D eigenvalue weighted by molar-refractivity contribution is 9.10. The number of carbonyl (C=O) groups excluding carboxylic acids is 1. The largest absolute Gasteiger partial charge is 0.490 e. The highest BCUT2D eigenvalue weighted by Crippen LogP contribution is 2.34. The van der Waals surface area contributed by atoms with Crippen LogP contribution in [0, 0.1) is 5.92 Å². The van der Waals surface area contributed by atoms with Crippen molar-refractivity contribution in [2.75, 3.05) is 26.4 Å². The van der Waals surface area contributed by atoms with E-state index in [0.29, 0.717) is 25.7 Å². The van der Waals surface area contributed by atoms with Crippen LogP contribution in [0.5, 0.6) is 5.75 Å². The molecule has 2 heterocycles. The summed E-state index contributed by atoms with van der Waals surface area (Å²) in [5.41, 5.74) is 0.531. The first-order valence-electron chi connectivity index (χ1n) is 11.8. The second kappa shape index (κ2) is 10.6. The maximum absolute atomic E-state index is 11.8. The number of alkyl carbamates (subject to hydrolysis) is 1. The molecule has 1 aliphatic carbocycles. The summed E-state index contributed by atoms with van der Waals surface area (Å²) in [5.74, 6) is 1.24. The number of amides is 1. The third-order valence-electron chi connectivity index (χ3n) is 5.87. The standard InChI is InChI=1S/C24H34BrN3O5/c1-24(2,3)33-23(29)27-18-10-16(11-18)15-30-8-9-31-21-13-17(25)12-20-19(21)14-26-28(20)22-6-4-5-7-32-22/h12-14,16,18,22H,4-11,15H2,1-3H3,(H,27,29). The van der Waals surface area contributed by atoms with E-state index in [1.165, 1.54) is 0 Å². The summed E-state index contributed by atoms with van der Waals surface area (Å²) in [4.78, 5) is 11.8. The molecule has 1 saturated carbocycles. The van der Waals surface area contributed by atoms with Crippen LogP contribution in [-0.4, -0.2) is 53.9 Å². The van der Waals surface area contributed by atoms with Gasteiger partial charge in [0.15, 0.2) is 6.23 Å². The maximum atomic E-state index is 11.8. The zero-order valence-electron chi connectivity index (χ0n) is 19.6. The van der Waals surface area contributed by atoms with Gasteiger partial charge in [-0.25, -0.2) is 9.48 Å². The van der Waals surface area contributed by atoms with Crippen molar-refractivity contribution in [2.24, 2.45) is 5.92 Å². The number of carbonyl (C=O) groups is 1. The highest BCUT2D eigenvalue weighted by atomic mass is 79.9. The zero-order valence-corrected chi connectivity index (χ0v) is 21.2. The fourth-order valence-electron chi connectivity index (χ4n) is 4.27. The summed E-state index contributed by atoms with van der Waals surface area (Å²) < 4.78 is 26.0. The Kier molecular flexibility index (Phi) is 7.81. The molecule has 2 aliphatic rings. The molecule has 4 rings (SSSR count). The van der Waals surface area contributed by atoms with E-state index in [4.69, 9.17) is 18.9 Å². The van der Waals surface area contributed by atoms with E-state index in [1.807, 2.05) is 37.7 Å². The third kappa shape index (κ3) is 6.61. The minimum Gasteiger partial charge on any atom is -0.490 e. The molecule has 0 bridgehead atoms. The van der Waals surface area contributed by atoms with E-state index in [2.05, 4.69) is 32.4 Å². The summed E-state index contributed by atoms with van der Waals surface area (Å²) in [6, 6.07) is 4.20. The molecule has 1 atom stereocenters. The van der Waals surface area contributed by atoms with Crippen molar-refractivity contribution in [3.8, 4) is 5.75 Å². The van der Waals surface area contributed by atoms with Crippen LogP contribution in [0.2, 0.25) is 0 Å². The Bertz CT molecular complexity index is 945. The van der Waals surface area contributed by atoms with Crippen molar-refractivity contribution in [3.63, 3.8) is 0 Å². The lowest BCUT2D eigenvalue weighted by Gasteiger charge is -2.35. The van der Waals surface area contributed by atoms with Gasteiger partial charge in [0, 0.05) is 23.7 Å². The first kappa shape index (κ1) is 24.3. The van der Waals surface area contributed by atoms with Gasteiger partial charge < -0.3 is 24.3 Å². The molecular formula is C24H34BrN3O5. The Hall–Kier alpha value is -1.84. The van der Waals surface area contributed by atoms with Gasteiger partial charge in [0.25, 0.3) is 0 Å². The second-order valence-electron chi connectivity index (χ2n) is 9.85. The van der Waals surface area contributed by atoms with Gasteiger partial charge in [-0.3, -0.25) is 0 Å². The lowest BCUT2D eigenvalue weighted by molar-refractivity contribution is -0.0366. The lowest BCUT2D eigenvalue weighted by atomic mass is 9.81. The van der Waals surface area contributed by atoms with Crippen molar-refractivity contribution in [2.45, 2.75) is 70.7 Å². The Labute approximate surface area is 203 Å². The number of fused-ring (bicyclic) bond motifs is 1. The summed E-state index contributed by atoms with van der Waals surface area (Å²) in [5, 5.41) is 8.46. The molecule has 1 aromatic carbocycles. The molecule has 1 unspecified atom stereocenters. The lowest BCUT2D eigenvalue weighted by Crippen LogP contribution is -2.47. The van der Waals surface area contributed by atoms with Crippen LogP contribution in [0.4, 0.5) is 4.79 Å². The number of ether oxygens (including phenoxy) is 4. The molecular weight excluding hydrogens is 490 g/mol. The molecule has 1 aliphatic heterocycles. The minimum absolute atomic E-state index is 0.0159. The van der Waals surface area contributed by atoms with E-state index in [9.17, 15) is 4.79 Å². The van der Waals surface area contributed by atoms with Crippen molar-refractivity contribution < 1.29 is 23.7 Å². The number of nitrogens with one attached hydrogen (secondary N) is 1. The zero-order chi connectivity index (χ0) is 23.4. The van der Waals surface area contributed by atoms with Gasteiger partial charge in [-0.2, -0.15) is 5.10 Å². The van der Waals surface area contributed by atoms with Crippen LogP contribution in [0.3, 0.4) is 0 Å². The SMILES string of the molecule is CC(C)(C)OC(=O)NC1CC(COCCOc2cc(Br)cc3c2cnn3C2CCCCO2)C1. The monoisotopic (exact) mass is 523 g/mol. The van der Waals surface area contributed by atoms with Crippen LogP contribution in [0.1, 0.15) is 59.1 Å². The number of aromatic nitrogens is 2. The third-order valence-corrected chi connectivity index (χ3v) is 6.32. The van der Waals surface area contributed by atoms with Gasteiger partial charge in [-0.15, -0.1) is 0 Å². The summed E-state index contributed by atoms with van der Waals surface area (Å²) in [6.07, 6.45) is 6.54. The van der Waals surface area contributed by atoms with Gasteiger partial charge in [0.1, 0.15) is 18.0 Å². The molecule has 0 spiro atoms. The Morgan fingerprint density at radius 2 is 2.09 bits per heavy atom. The number of benzene rings is 1. The van der Waals surface area contributed by atoms with Crippen LogP contribution < -0.4 is 10.1 Å². The van der Waals surface area contributed by atoms with Crippen LogP contribution in [0.25, 0.3) is 10.9 Å². The minimum atomic E-state index is -0.474. The molecule has 9 heteroatoms. The number of halogens is 1. The second-order valence-corrected chi connectivity index (χ2v) is 10.8. The van der Waals surface area contributed by atoms with E-state index in [0.717, 1.165) is 59.8 Å². The van der Waals surface area contributed by atoms with Crippen LogP contribution in [0.15, 0.2) is 22.8 Å². The van der Waals surface area contributed by atoms with Crippen molar-refractivity contribution in [1.82, 2.24) is 15.1 Å². The molecule has 8 nitrogen and oxygen atoms in total.